The Balaban J connectivity index is 2.14. The number of aryl methyl sites for hydroxylation is 1. The van der Waals surface area contributed by atoms with Crippen LogP contribution in [0.25, 0.3) is 10.8 Å². The van der Waals surface area contributed by atoms with E-state index in [4.69, 9.17) is 9.05 Å². The molecule has 0 saturated heterocycles. The van der Waals surface area contributed by atoms with Crippen LogP contribution in [0.15, 0.2) is 76.7 Å². The Morgan fingerprint density at radius 2 is 1.55 bits per heavy atom. The van der Waals surface area contributed by atoms with Gasteiger partial charge < -0.3 is 9.05 Å². The molecule has 3 aromatic rings. The highest BCUT2D eigenvalue weighted by Crippen LogP contribution is 2.51. The molecule has 0 amide bonds. The van der Waals surface area contributed by atoms with Crippen LogP contribution in [0.2, 0.25) is 0 Å². The minimum atomic E-state index is -3.98. The van der Waals surface area contributed by atoms with Gasteiger partial charge in [0.05, 0.1) is 4.90 Å². The van der Waals surface area contributed by atoms with Crippen molar-refractivity contribution in [2.45, 2.75) is 11.8 Å². The summed E-state index contributed by atoms with van der Waals surface area (Å²) >= 11 is 0. The monoisotopic (exact) mass is 432 g/mol. The maximum absolute atomic E-state index is 13.2. The summed E-state index contributed by atoms with van der Waals surface area (Å²) in [6.45, 7) is 1.86. The van der Waals surface area contributed by atoms with Gasteiger partial charge in [0.1, 0.15) is 0 Å². The second-order valence-electron chi connectivity index (χ2n) is 6.23. The number of hydrogen-bond acceptors (Lipinski definition) is 6. The molecule has 29 heavy (non-hydrogen) atoms. The Bertz CT molecular complexity index is 1190. The predicted molar refractivity (Wildman–Crippen MR) is 114 cm³/mol. The molecule has 0 saturated carbocycles. The predicted octanol–water partition coefficient (Wildman–Crippen LogP) is 4.27. The zero-order chi connectivity index (χ0) is 21.1. The minimum Gasteiger partial charge on any atom is -0.307 e. The number of nitrogens with zero attached hydrogens (tertiary/aromatic N) is 1. The largest absolute Gasteiger partial charge is 0.381 e. The third-order valence-electron chi connectivity index (χ3n) is 4.37. The lowest BCUT2D eigenvalue weighted by Crippen LogP contribution is -2.21. The molecular weight excluding hydrogens is 411 g/mol. The average molecular weight is 432 g/mol. The van der Waals surface area contributed by atoms with Crippen LogP contribution < -0.4 is 4.83 Å². The van der Waals surface area contributed by atoms with E-state index in [1.165, 1.54) is 26.4 Å². The Kier molecular flexibility index (Phi) is 6.19. The number of hydrogen-bond donors (Lipinski definition) is 1. The van der Waals surface area contributed by atoms with E-state index in [1.54, 1.807) is 24.3 Å². The average Bonchev–Trinajstić information content (AvgIpc) is 2.74. The van der Waals surface area contributed by atoms with Crippen molar-refractivity contribution < 1.29 is 22.0 Å². The molecule has 0 heterocycles. The van der Waals surface area contributed by atoms with E-state index in [0.717, 1.165) is 16.3 Å². The molecule has 0 unspecified atom stereocenters. The fourth-order valence-corrected chi connectivity index (χ4v) is 4.85. The van der Waals surface area contributed by atoms with Gasteiger partial charge in [-0.05, 0) is 29.8 Å². The summed E-state index contributed by atoms with van der Waals surface area (Å²) in [6, 6.07) is 19.0. The SMILES string of the molecule is COP(=O)(OC)/C(=N/NS(=O)(=O)c1ccc(C)cc1)c1cccc2ccccc12. The number of rotatable bonds is 7. The Morgan fingerprint density at radius 1 is 0.931 bits per heavy atom. The van der Waals surface area contributed by atoms with E-state index >= 15 is 0 Å². The van der Waals surface area contributed by atoms with Crippen LogP contribution in [-0.2, 0) is 23.6 Å². The van der Waals surface area contributed by atoms with Gasteiger partial charge in [-0.3, -0.25) is 4.57 Å². The molecule has 0 aliphatic carbocycles. The summed E-state index contributed by atoms with van der Waals surface area (Å²) in [5.74, 6) is 0. The lowest BCUT2D eigenvalue weighted by Gasteiger charge is -2.18. The Morgan fingerprint density at radius 3 is 2.21 bits per heavy atom. The minimum absolute atomic E-state index is 0.0359. The summed E-state index contributed by atoms with van der Waals surface area (Å²) in [5.41, 5.74) is 1.24. The molecular formula is C20H21N2O5PS. The van der Waals surface area contributed by atoms with E-state index in [-0.39, 0.29) is 10.3 Å². The third kappa shape index (κ3) is 4.41. The lowest BCUT2D eigenvalue weighted by molar-refractivity contribution is 0.290. The number of sulfonamides is 1. The first-order valence-corrected chi connectivity index (χ1v) is 11.7. The van der Waals surface area contributed by atoms with Crippen LogP contribution >= 0.6 is 7.60 Å². The van der Waals surface area contributed by atoms with Crippen molar-refractivity contribution >= 4 is 33.8 Å². The van der Waals surface area contributed by atoms with Gasteiger partial charge in [0.2, 0.25) is 0 Å². The molecule has 0 aliphatic rings. The quantitative estimate of drug-likeness (QED) is 0.342. The van der Waals surface area contributed by atoms with Crippen molar-refractivity contribution in [2.24, 2.45) is 5.10 Å². The van der Waals surface area contributed by atoms with E-state index < -0.39 is 17.6 Å². The van der Waals surface area contributed by atoms with Crippen molar-refractivity contribution in [3.8, 4) is 0 Å². The highest BCUT2D eigenvalue weighted by atomic mass is 32.2. The molecule has 152 valence electrons. The van der Waals surface area contributed by atoms with Crippen LogP contribution in [0.4, 0.5) is 0 Å². The van der Waals surface area contributed by atoms with Crippen LogP contribution in [-0.4, -0.2) is 28.1 Å². The zero-order valence-electron chi connectivity index (χ0n) is 16.2. The molecule has 3 aromatic carbocycles. The normalized spacial score (nSPS) is 12.9. The molecule has 0 spiro atoms. The Hall–Kier alpha value is -2.51. The summed E-state index contributed by atoms with van der Waals surface area (Å²) in [5, 5.41) is 5.60. The molecule has 0 fully saturated rings. The highest BCUT2D eigenvalue weighted by Gasteiger charge is 2.33. The van der Waals surface area contributed by atoms with Crippen molar-refractivity contribution in [1.82, 2.24) is 4.83 Å². The van der Waals surface area contributed by atoms with Crippen LogP contribution in [0.3, 0.4) is 0 Å². The van der Waals surface area contributed by atoms with Crippen molar-refractivity contribution in [2.75, 3.05) is 14.2 Å². The molecule has 0 aromatic heterocycles. The van der Waals surface area contributed by atoms with Crippen LogP contribution in [0.5, 0.6) is 0 Å². The van der Waals surface area contributed by atoms with Gasteiger partial charge in [-0.25, -0.2) is 0 Å². The van der Waals surface area contributed by atoms with Gasteiger partial charge in [0, 0.05) is 19.8 Å². The van der Waals surface area contributed by atoms with E-state index in [1.807, 2.05) is 37.3 Å². The van der Waals surface area contributed by atoms with Gasteiger partial charge in [-0.1, -0.05) is 60.2 Å². The van der Waals surface area contributed by atoms with E-state index in [2.05, 4.69) is 9.93 Å². The second-order valence-corrected chi connectivity index (χ2v) is 10.0. The molecule has 0 aliphatic heterocycles. The van der Waals surface area contributed by atoms with Crippen LogP contribution in [0.1, 0.15) is 11.1 Å². The maximum Gasteiger partial charge on any atom is 0.381 e. The summed E-state index contributed by atoms with van der Waals surface area (Å²) in [7, 11) is -5.42. The van der Waals surface area contributed by atoms with Gasteiger partial charge in [-0.15, -0.1) is 0 Å². The van der Waals surface area contributed by atoms with Gasteiger partial charge in [0.25, 0.3) is 10.0 Å². The number of benzene rings is 3. The third-order valence-corrected chi connectivity index (χ3v) is 7.42. The first kappa shape index (κ1) is 21.2. The molecule has 7 nitrogen and oxygen atoms in total. The van der Waals surface area contributed by atoms with Crippen LogP contribution in [0, 0.1) is 6.92 Å². The molecule has 0 radical (unpaired) electrons. The lowest BCUT2D eigenvalue weighted by atomic mass is 10.1. The summed E-state index contributed by atoms with van der Waals surface area (Å²) in [6.07, 6.45) is 0. The zero-order valence-corrected chi connectivity index (χ0v) is 17.9. The van der Waals surface area contributed by atoms with Crippen molar-refractivity contribution in [3.05, 3.63) is 77.9 Å². The fraction of sp³-hybridized carbons (Fsp3) is 0.150. The highest BCUT2D eigenvalue weighted by molar-refractivity contribution is 7.89. The van der Waals surface area contributed by atoms with Gasteiger partial charge in [-0.2, -0.15) is 18.4 Å². The van der Waals surface area contributed by atoms with Crippen molar-refractivity contribution in [3.63, 3.8) is 0 Å². The van der Waals surface area contributed by atoms with Gasteiger partial charge in [0.15, 0.2) is 5.45 Å². The van der Waals surface area contributed by atoms with E-state index in [0.29, 0.717) is 5.56 Å². The summed E-state index contributed by atoms with van der Waals surface area (Å²) in [4.78, 5) is 2.20. The Labute approximate surface area is 169 Å². The van der Waals surface area contributed by atoms with Gasteiger partial charge >= 0.3 is 7.60 Å². The maximum atomic E-state index is 13.2. The molecule has 0 bridgehead atoms. The number of nitrogens with one attached hydrogen (secondary N) is 1. The topological polar surface area (TPSA) is 94.1 Å². The molecule has 3 rings (SSSR count). The fourth-order valence-electron chi connectivity index (χ4n) is 2.81. The first-order chi connectivity index (χ1) is 13.8. The first-order valence-electron chi connectivity index (χ1n) is 8.67. The molecule has 9 heteroatoms. The second kappa shape index (κ2) is 8.47. The van der Waals surface area contributed by atoms with E-state index in [9.17, 15) is 13.0 Å². The number of fused-ring (bicyclic) bond motifs is 1. The van der Waals surface area contributed by atoms with Crippen molar-refractivity contribution in [1.29, 1.82) is 0 Å². The summed E-state index contributed by atoms with van der Waals surface area (Å²) < 4.78 is 48.7. The number of hydrazone groups is 1. The standard InChI is InChI=1S/C20H21N2O5PS/c1-15-11-13-17(14-12-15)29(24,25)22-21-20(28(23,26-2)27-3)19-10-6-8-16-7-4-5-9-18(16)19/h4-14,22H,1-3H3/b21-20+. The molecule has 1 N–H and O–H groups in total. The molecule has 0 atom stereocenters. The smallest absolute Gasteiger partial charge is 0.307 e.